The van der Waals surface area contributed by atoms with Crippen molar-refractivity contribution in [2.24, 2.45) is 5.16 Å². The van der Waals surface area contributed by atoms with Gasteiger partial charge in [-0.3, -0.25) is 19.3 Å². The van der Waals surface area contributed by atoms with Gasteiger partial charge in [-0.25, -0.2) is 9.78 Å². The maximum atomic E-state index is 13.4. The third kappa shape index (κ3) is 7.09. The van der Waals surface area contributed by atoms with E-state index in [1.165, 1.54) is 46.2 Å². The number of nitrogens with two attached hydrogens (primary N) is 1. The van der Waals surface area contributed by atoms with Crippen molar-refractivity contribution < 1.29 is 24.3 Å². The Bertz CT molecular complexity index is 1940. The number of thiazole rings is 1. The average Bonchev–Trinajstić information content (AvgIpc) is 3.79. The number of benzene rings is 1. The zero-order chi connectivity index (χ0) is 34.1. The molecule has 5 heterocycles. The highest BCUT2D eigenvalue weighted by Crippen LogP contribution is 2.41. The lowest BCUT2D eigenvalue weighted by Gasteiger charge is -2.49. The Morgan fingerprint density at radius 2 is 1.92 bits per heavy atom. The molecule has 0 radical (unpaired) electrons. The Kier molecular flexibility index (Phi) is 9.99. The highest BCUT2D eigenvalue weighted by atomic mass is 32.2. The van der Waals surface area contributed by atoms with Crippen LogP contribution in [0.15, 0.2) is 66.6 Å². The smallest absolute Gasteiger partial charge is 0.352 e. The molecule has 0 bridgehead atoms. The molecule has 7 rings (SSSR count). The van der Waals surface area contributed by atoms with Gasteiger partial charge >= 0.3 is 5.97 Å². The van der Waals surface area contributed by atoms with E-state index in [1.807, 2.05) is 12.1 Å². The van der Waals surface area contributed by atoms with Crippen LogP contribution in [0.1, 0.15) is 50.6 Å². The van der Waals surface area contributed by atoms with Crippen LogP contribution in [0.4, 0.5) is 10.8 Å². The molecule has 16 heteroatoms. The molecular weight excluding hydrogens is 705 g/mol. The van der Waals surface area contributed by atoms with E-state index < -0.39 is 29.2 Å². The number of aromatic nitrogens is 1. The van der Waals surface area contributed by atoms with Crippen LogP contribution in [0.2, 0.25) is 0 Å². The van der Waals surface area contributed by atoms with Gasteiger partial charge in [0, 0.05) is 46.1 Å². The van der Waals surface area contributed by atoms with Crippen LogP contribution in [0.25, 0.3) is 10.1 Å². The first-order valence-corrected chi connectivity index (χ1v) is 19.7. The van der Waals surface area contributed by atoms with Crippen LogP contribution in [-0.2, 0) is 19.2 Å². The molecule has 3 aliphatic heterocycles. The zero-order valence-electron chi connectivity index (χ0n) is 26.3. The second kappa shape index (κ2) is 14.5. The number of carboxylic acid groups (broad SMARTS) is 1. The zero-order valence-corrected chi connectivity index (χ0v) is 29.6. The van der Waals surface area contributed by atoms with E-state index in [-0.39, 0.29) is 33.8 Å². The van der Waals surface area contributed by atoms with E-state index in [0.29, 0.717) is 16.7 Å². The van der Waals surface area contributed by atoms with Gasteiger partial charge in [-0.15, -0.1) is 34.4 Å². The number of oxime groups is 1. The minimum absolute atomic E-state index is 0.0628. The standard InChI is InChI=1S/C33H34N6O6S4/c34-33-35-22(17-48-33)26(37-45-20-6-2-3-7-20)29(41)36-27-30(42)39-28(32(43)44)18(16-47-31(27)39)10-13-46-25-15-23(40)21-9-8-19(14-24(21)49-25)38-11-4-1-5-12-38/h8-10,13-15,17,20,27,31H,1-7,11-12,16H2,(H2,34,35)(H,36,41)(H,43,44)/t27?,31-/m0/s1. The molecule has 3 aromatic rings. The van der Waals surface area contributed by atoms with Crippen molar-refractivity contribution in [2.75, 3.05) is 29.5 Å². The van der Waals surface area contributed by atoms with Gasteiger partial charge in [-0.1, -0.05) is 16.9 Å². The summed E-state index contributed by atoms with van der Waals surface area (Å²) in [5.41, 5.74) is 7.35. The monoisotopic (exact) mass is 738 g/mol. The van der Waals surface area contributed by atoms with Crippen LogP contribution in [-0.4, -0.2) is 74.8 Å². The normalized spacial score (nSPS) is 21.7. The summed E-state index contributed by atoms with van der Waals surface area (Å²) in [6.45, 7) is 2.02. The van der Waals surface area contributed by atoms with Crippen molar-refractivity contribution in [1.29, 1.82) is 0 Å². The number of β-lactam (4-membered cyclic amide) rings is 1. The molecule has 1 aliphatic carbocycles. The second-order valence-corrected chi connectivity index (χ2v) is 16.4. The number of rotatable bonds is 10. The Balaban J connectivity index is 1.05. The molecule has 256 valence electrons. The summed E-state index contributed by atoms with van der Waals surface area (Å²) in [4.78, 5) is 65.5. The molecule has 4 N–H and O–H groups in total. The number of thioether (sulfide) groups is 2. The molecule has 12 nitrogen and oxygen atoms in total. The number of anilines is 2. The number of hydrogen-bond donors (Lipinski definition) is 3. The van der Waals surface area contributed by atoms with E-state index >= 15 is 0 Å². The number of nitrogen functional groups attached to an aromatic ring is 1. The lowest BCUT2D eigenvalue weighted by molar-refractivity contribution is -0.150. The fraction of sp³-hybridized carbons (Fsp3) is 0.394. The molecule has 2 amide bonds. The molecular formula is C33H34N6O6S4. The van der Waals surface area contributed by atoms with Gasteiger partial charge in [-0.2, -0.15) is 0 Å². The molecule has 2 atom stereocenters. The van der Waals surface area contributed by atoms with Gasteiger partial charge in [0.2, 0.25) is 0 Å². The summed E-state index contributed by atoms with van der Waals surface area (Å²) in [5.74, 6) is -2.12. The highest BCUT2D eigenvalue weighted by molar-refractivity contribution is 8.04. The molecule has 1 aromatic carbocycles. The number of piperidine rings is 1. The minimum Gasteiger partial charge on any atom is -0.477 e. The van der Waals surface area contributed by atoms with Crippen LogP contribution in [0, 0.1) is 0 Å². The first kappa shape index (κ1) is 33.6. The molecule has 2 saturated heterocycles. The Hall–Kier alpha value is -3.86. The van der Waals surface area contributed by atoms with Gasteiger partial charge in [0.15, 0.2) is 16.3 Å². The number of amides is 2. The summed E-state index contributed by atoms with van der Waals surface area (Å²) < 4.78 is 1.69. The fourth-order valence-corrected chi connectivity index (χ4v) is 10.3. The minimum atomic E-state index is -1.24. The SMILES string of the molecule is Nc1nc(C(=NOC2CCCC2)C(=O)NC2C(=O)N3C(C(=O)O)=C(C=CSc4cc(=O)c5ccc(N6CCCCC6)cc5s4)CS[C@@H]23)cs1. The van der Waals surface area contributed by atoms with Gasteiger partial charge in [0.25, 0.3) is 11.8 Å². The van der Waals surface area contributed by atoms with E-state index in [4.69, 9.17) is 10.6 Å². The van der Waals surface area contributed by atoms with Gasteiger partial charge < -0.3 is 25.9 Å². The summed E-state index contributed by atoms with van der Waals surface area (Å²) in [5, 5.41) is 20.7. The highest BCUT2D eigenvalue weighted by Gasteiger charge is 2.54. The molecule has 2 aromatic heterocycles. The number of allylic oxidation sites excluding steroid dienone is 1. The number of aliphatic carboxylic acids is 1. The molecule has 3 fully saturated rings. The number of fused-ring (bicyclic) bond motifs is 2. The largest absolute Gasteiger partial charge is 0.477 e. The first-order valence-electron chi connectivity index (χ1n) is 16.1. The van der Waals surface area contributed by atoms with Crippen molar-refractivity contribution in [3.8, 4) is 0 Å². The number of carbonyl (C=O) groups excluding carboxylic acids is 2. The van der Waals surface area contributed by atoms with Gasteiger partial charge in [-0.05, 0) is 80.2 Å². The number of hydrogen-bond acceptors (Lipinski definition) is 13. The van der Waals surface area contributed by atoms with Gasteiger partial charge in [0.1, 0.15) is 28.9 Å². The van der Waals surface area contributed by atoms with Crippen LogP contribution in [0.5, 0.6) is 0 Å². The lowest BCUT2D eigenvalue weighted by Crippen LogP contribution is -2.71. The van der Waals surface area contributed by atoms with E-state index in [1.54, 1.807) is 22.9 Å². The van der Waals surface area contributed by atoms with Crippen molar-refractivity contribution >= 4 is 90.6 Å². The van der Waals surface area contributed by atoms with Gasteiger partial charge in [0.05, 0.1) is 4.21 Å². The quantitative estimate of drug-likeness (QED) is 0.111. The number of nitrogens with one attached hydrogen (secondary N) is 1. The predicted octanol–water partition coefficient (Wildman–Crippen LogP) is 5.00. The third-order valence-corrected chi connectivity index (χ3v) is 12.9. The predicted molar refractivity (Wildman–Crippen MR) is 195 cm³/mol. The number of carbonyl (C=O) groups is 3. The van der Waals surface area contributed by atoms with Crippen molar-refractivity contribution in [3.63, 3.8) is 0 Å². The Labute approximate surface area is 298 Å². The number of carboxylic acids is 1. The fourth-order valence-electron chi connectivity index (χ4n) is 6.41. The second-order valence-electron chi connectivity index (χ2n) is 12.1. The molecule has 0 spiro atoms. The molecule has 1 unspecified atom stereocenters. The van der Waals surface area contributed by atoms with Crippen LogP contribution >= 0.6 is 46.2 Å². The Morgan fingerprint density at radius 3 is 2.65 bits per heavy atom. The molecule has 4 aliphatic rings. The third-order valence-electron chi connectivity index (χ3n) is 8.93. The summed E-state index contributed by atoms with van der Waals surface area (Å²) in [6.07, 6.45) is 8.88. The maximum absolute atomic E-state index is 13.4. The van der Waals surface area contributed by atoms with Crippen molar-refractivity contribution in [2.45, 2.75) is 66.7 Å². The van der Waals surface area contributed by atoms with E-state index in [9.17, 15) is 24.3 Å². The first-order chi connectivity index (χ1) is 23.8. The van der Waals surface area contributed by atoms with Crippen molar-refractivity contribution in [3.05, 3.63) is 68.3 Å². The lowest BCUT2D eigenvalue weighted by atomic mass is 10.0. The topological polar surface area (TPSA) is 168 Å². The number of nitrogens with zero attached hydrogens (tertiary/aromatic N) is 4. The van der Waals surface area contributed by atoms with Crippen molar-refractivity contribution in [1.82, 2.24) is 15.2 Å². The van der Waals surface area contributed by atoms with Crippen LogP contribution < -0.4 is 21.4 Å². The summed E-state index contributed by atoms with van der Waals surface area (Å²) in [6, 6.07) is 6.64. The summed E-state index contributed by atoms with van der Waals surface area (Å²) >= 11 is 5.37. The summed E-state index contributed by atoms with van der Waals surface area (Å²) in [7, 11) is 0. The molecule has 49 heavy (non-hydrogen) atoms. The molecule has 1 saturated carbocycles. The van der Waals surface area contributed by atoms with E-state index in [2.05, 4.69) is 26.4 Å². The Morgan fingerprint density at radius 1 is 1.12 bits per heavy atom. The van der Waals surface area contributed by atoms with E-state index in [0.717, 1.165) is 77.5 Å². The maximum Gasteiger partial charge on any atom is 0.352 e. The van der Waals surface area contributed by atoms with Crippen LogP contribution in [0.3, 0.4) is 0 Å². The average molecular weight is 739 g/mol.